The Labute approximate surface area is 198 Å². The lowest BCUT2D eigenvalue weighted by molar-refractivity contribution is 0.383. The van der Waals surface area contributed by atoms with Gasteiger partial charge in [-0.2, -0.15) is 4.98 Å². The van der Waals surface area contributed by atoms with E-state index in [4.69, 9.17) is 9.26 Å². The molecule has 172 valence electrons. The van der Waals surface area contributed by atoms with Gasteiger partial charge in [0.25, 0.3) is 0 Å². The number of rotatable bonds is 11. The molecule has 0 spiro atoms. The normalized spacial score (nSPS) is 11.3. The summed E-state index contributed by atoms with van der Waals surface area (Å²) in [4.78, 5) is 4.54. The minimum Gasteiger partial charge on any atom is -0.496 e. The topological polar surface area (TPSA) is 78.9 Å². The number of nitrogens with zero attached hydrogens (tertiary/aromatic N) is 5. The lowest BCUT2D eigenvalue weighted by Gasteiger charge is -2.12. The molecule has 4 rings (SSSR count). The van der Waals surface area contributed by atoms with E-state index in [1.54, 1.807) is 18.9 Å². The van der Waals surface area contributed by atoms with Crippen molar-refractivity contribution in [3.8, 4) is 17.1 Å². The van der Waals surface area contributed by atoms with Crippen LogP contribution in [0.15, 0.2) is 64.3 Å². The fourth-order valence-electron chi connectivity index (χ4n) is 3.51. The fourth-order valence-corrected chi connectivity index (χ4v) is 4.31. The summed E-state index contributed by atoms with van der Waals surface area (Å²) in [5.74, 6) is 4.08. The largest absolute Gasteiger partial charge is 0.496 e. The Kier molecular flexibility index (Phi) is 7.78. The fraction of sp³-hybridized carbons (Fsp3) is 0.360. The molecule has 2 heterocycles. The Bertz CT molecular complexity index is 1160. The molecule has 0 unspecified atom stereocenters. The first-order valence-corrected chi connectivity index (χ1v) is 12.2. The molecule has 0 aliphatic heterocycles. The molecule has 7 nitrogen and oxygen atoms in total. The van der Waals surface area contributed by atoms with Crippen molar-refractivity contribution >= 4 is 11.8 Å². The Hall–Kier alpha value is -3.13. The molecule has 0 amide bonds. The number of ether oxygens (including phenoxy) is 1. The number of hydrogen-bond donors (Lipinski definition) is 0. The lowest BCUT2D eigenvalue weighted by Crippen LogP contribution is -2.06. The van der Waals surface area contributed by atoms with Crippen LogP contribution in [0.5, 0.6) is 5.75 Å². The zero-order valence-electron chi connectivity index (χ0n) is 19.3. The quantitative estimate of drug-likeness (QED) is 0.273. The van der Waals surface area contributed by atoms with Crippen LogP contribution in [-0.2, 0) is 25.1 Å². The van der Waals surface area contributed by atoms with Gasteiger partial charge in [0.15, 0.2) is 16.8 Å². The second-order valence-electron chi connectivity index (χ2n) is 8.22. The van der Waals surface area contributed by atoms with Gasteiger partial charge in [0.05, 0.1) is 18.4 Å². The predicted molar refractivity (Wildman–Crippen MR) is 129 cm³/mol. The van der Waals surface area contributed by atoms with Crippen molar-refractivity contribution in [1.82, 2.24) is 24.9 Å². The third-order valence-corrected chi connectivity index (χ3v) is 6.26. The van der Waals surface area contributed by atoms with Gasteiger partial charge < -0.3 is 13.8 Å². The molecular weight excluding hydrogens is 434 g/mol. The van der Waals surface area contributed by atoms with Gasteiger partial charge in [-0.3, -0.25) is 0 Å². The van der Waals surface area contributed by atoms with Crippen LogP contribution in [0.2, 0.25) is 0 Å². The number of benzene rings is 2. The molecule has 0 saturated carbocycles. The number of methoxy groups -OCH3 is 1. The predicted octanol–water partition coefficient (Wildman–Crippen LogP) is 5.46. The van der Waals surface area contributed by atoms with Crippen LogP contribution in [0.4, 0.5) is 0 Å². The summed E-state index contributed by atoms with van der Waals surface area (Å²) in [6.07, 6.45) is 2.74. The minimum absolute atomic E-state index is 0.546. The summed E-state index contributed by atoms with van der Waals surface area (Å²) in [7, 11) is 1.67. The van der Waals surface area contributed by atoms with E-state index >= 15 is 0 Å². The third kappa shape index (κ3) is 6.01. The average molecular weight is 464 g/mol. The molecule has 0 fully saturated rings. The van der Waals surface area contributed by atoms with Crippen LogP contribution in [0, 0.1) is 5.92 Å². The summed E-state index contributed by atoms with van der Waals surface area (Å²) in [5, 5.41) is 13.9. The molecular formula is C25H29N5O2S. The Morgan fingerprint density at radius 1 is 1.00 bits per heavy atom. The van der Waals surface area contributed by atoms with Gasteiger partial charge in [0.1, 0.15) is 5.75 Å². The number of hydrogen-bond acceptors (Lipinski definition) is 7. The second-order valence-corrected chi connectivity index (χ2v) is 9.16. The van der Waals surface area contributed by atoms with Crippen LogP contribution in [0.25, 0.3) is 11.4 Å². The van der Waals surface area contributed by atoms with E-state index in [1.807, 2.05) is 30.3 Å². The molecule has 8 heteroatoms. The molecule has 2 aromatic carbocycles. The van der Waals surface area contributed by atoms with Crippen molar-refractivity contribution in [1.29, 1.82) is 0 Å². The minimum atomic E-state index is 0.546. The van der Waals surface area contributed by atoms with Crippen molar-refractivity contribution in [3.63, 3.8) is 0 Å². The van der Waals surface area contributed by atoms with Gasteiger partial charge in [-0.1, -0.05) is 73.2 Å². The zero-order valence-corrected chi connectivity index (χ0v) is 20.1. The van der Waals surface area contributed by atoms with E-state index in [0.29, 0.717) is 17.6 Å². The maximum atomic E-state index is 5.58. The second kappa shape index (κ2) is 11.1. The first-order chi connectivity index (χ1) is 16.1. The molecule has 0 aliphatic rings. The Morgan fingerprint density at radius 3 is 2.58 bits per heavy atom. The standard InChI is InChI=1S/C25H29N5O2S/c1-18(2)13-14-22-26-23(32-29-22)17-33-25-28-27-24(20-11-7-8-12-21(20)31-3)30(25)16-15-19-9-5-4-6-10-19/h4-12,18H,13-17H2,1-3H3. The SMILES string of the molecule is COc1ccccc1-c1nnc(SCc2nc(CCC(C)C)no2)n1CCc1ccccc1. The van der Waals surface area contributed by atoms with Crippen LogP contribution in [-0.4, -0.2) is 32.0 Å². The molecule has 0 aliphatic carbocycles. The zero-order chi connectivity index (χ0) is 23.0. The molecule has 2 aromatic heterocycles. The van der Waals surface area contributed by atoms with Crippen molar-refractivity contribution < 1.29 is 9.26 Å². The van der Waals surface area contributed by atoms with Crippen LogP contribution < -0.4 is 4.74 Å². The Morgan fingerprint density at radius 2 is 1.79 bits per heavy atom. The maximum absolute atomic E-state index is 5.58. The van der Waals surface area contributed by atoms with E-state index in [1.165, 1.54) is 5.56 Å². The van der Waals surface area contributed by atoms with Gasteiger partial charge in [0.2, 0.25) is 5.89 Å². The lowest BCUT2D eigenvalue weighted by atomic mass is 10.1. The highest BCUT2D eigenvalue weighted by Gasteiger charge is 2.18. The molecule has 33 heavy (non-hydrogen) atoms. The van der Waals surface area contributed by atoms with Crippen molar-refractivity contribution in [3.05, 3.63) is 71.9 Å². The van der Waals surface area contributed by atoms with Gasteiger partial charge in [-0.15, -0.1) is 10.2 Å². The first kappa shape index (κ1) is 23.0. The molecule has 0 atom stereocenters. The van der Waals surface area contributed by atoms with Crippen LogP contribution in [0.3, 0.4) is 0 Å². The van der Waals surface area contributed by atoms with E-state index < -0.39 is 0 Å². The highest BCUT2D eigenvalue weighted by Crippen LogP contribution is 2.32. The number of aromatic nitrogens is 5. The summed E-state index contributed by atoms with van der Waals surface area (Å²) in [6, 6.07) is 18.3. The third-order valence-electron chi connectivity index (χ3n) is 5.31. The highest BCUT2D eigenvalue weighted by molar-refractivity contribution is 7.98. The summed E-state index contributed by atoms with van der Waals surface area (Å²) >= 11 is 1.55. The van der Waals surface area contributed by atoms with Crippen LogP contribution in [0.1, 0.15) is 37.5 Å². The number of para-hydroxylation sites is 1. The molecule has 0 radical (unpaired) electrons. The van der Waals surface area contributed by atoms with E-state index in [0.717, 1.165) is 53.9 Å². The summed E-state index contributed by atoms with van der Waals surface area (Å²) < 4.78 is 13.2. The number of aryl methyl sites for hydroxylation is 2. The van der Waals surface area contributed by atoms with E-state index in [-0.39, 0.29) is 0 Å². The van der Waals surface area contributed by atoms with Crippen molar-refractivity contribution in [2.24, 2.45) is 5.92 Å². The van der Waals surface area contributed by atoms with E-state index in [2.05, 4.69) is 63.0 Å². The molecule has 0 bridgehead atoms. The summed E-state index contributed by atoms with van der Waals surface area (Å²) in [5.41, 5.74) is 2.18. The summed E-state index contributed by atoms with van der Waals surface area (Å²) in [6.45, 7) is 5.13. The molecule has 4 aromatic rings. The van der Waals surface area contributed by atoms with Gasteiger partial charge in [-0.05, 0) is 36.5 Å². The van der Waals surface area contributed by atoms with E-state index in [9.17, 15) is 0 Å². The van der Waals surface area contributed by atoms with Crippen molar-refractivity contribution in [2.45, 2.75) is 50.6 Å². The van der Waals surface area contributed by atoms with Gasteiger partial charge >= 0.3 is 0 Å². The molecule has 0 N–H and O–H groups in total. The van der Waals surface area contributed by atoms with Crippen molar-refractivity contribution in [2.75, 3.05) is 7.11 Å². The first-order valence-electron chi connectivity index (χ1n) is 11.2. The van der Waals surface area contributed by atoms with Gasteiger partial charge in [-0.25, -0.2) is 0 Å². The average Bonchev–Trinajstić information content (AvgIpc) is 3.47. The highest BCUT2D eigenvalue weighted by atomic mass is 32.2. The molecule has 0 saturated heterocycles. The number of thioether (sulfide) groups is 1. The maximum Gasteiger partial charge on any atom is 0.237 e. The Balaban J connectivity index is 1.55. The monoisotopic (exact) mass is 463 g/mol. The van der Waals surface area contributed by atoms with Gasteiger partial charge in [0, 0.05) is 13.0 Å². The van der Waals surface area contributed by atoms with Crippen LogP contribution >= 0.6 is 11.8 Å². The smallest absolute Gasteiger partial charge is 0.237 e.